The van der Waals surface area contributed by atoms with Gasteiger partial charge in [-0.3, -0.25) is 0 Å². The van der Waals surface area contributed by atoms with Crippen LogP contribution in [0.15, 0.2) is 45.2 Å². The van der Waals surface area contributed by atoms with E-state index in [1.807, 2.05) is 18.2 Å². The average Bonchev–Trinajstić information content (AvgIpc) is 3.20. The van der Waals surface area contributed by atoms with Crippen LogP contribution in [0.4, 0.5) is 11.4 Å². The predicted octanol–water partition coefficient (Wildman–Crippen LogP) is 4.60. The SMILES string of the molecule is CCSNc1ccc2oc(-c3nc4ccc(C(=O)O)cc4o3)c(N)c2c1. The second-order valence-electron chi connectivity index (χ2n) is 5.60. The largest absolute Gasteiger partial charge is 0.478 e. The molecular formula is C18H15N3O4S. The van der Waals surface area contributed by atoms with Crippen molar-refractivity contribution >= 4 is 51.4 Å². The molecule has 0 bridgehead atoms. The van der Waals surface area contributed by atoms with Crippen molar-refractivity contribution in [1.82, 2.24) is 4.98 Å². The average molecular weight is 369 g/mol. The summed E-state index contributed by atoms with van der Waals surface area (Å²) in [4.78, 5) is 15.5. The first-order chi connectivity index (χ1) is 12.6. The second-order valence-corrected chi connectivity index (χ2v) is 6.67. The molecule has 2 aromatic heterocycles. The molecule has 0 unspecified atom stereocenters. The minimum Gasteiger partial charge on any atom is -0.478 e. The molecule has 8 heteroatoms. The number of nitrogens with one attached hydrogen (secondary N) is 1. The third-order valence-corrected chi connectivity index (χ3v) is 4.56. The molecule has 0 aliphatic rings. The highest BCUT2D eigenvalue weighted by atomic mass is 32.2. The summed E-state index contributed by atoms with van der Waals surface area (Å²) >= 11 is 1.59. The zero-order valence-corrected chi connectivity index (χ0v) is 14.6. The van der Waals surface area contributed by atoms with Crippen molar-refractivity contribution in [3.05, 3.63) is 42.0 Å². The van der Waals surface area contributed by atoms with E-state index in [2.05, 4.69) is 16.6 Å². The molecule has 2 heterocycles. The van der Waals surface area contributed by atoms with Crippen molar-refractivity contribution in [2.75, 3.05) is 16.2 Å². The quantitative estimate of drug-likeness (QED) is 0.437. The number of carboxylic acids is 1. The van der Waals surface area contributed by atoms with Crippen molar-refractivity contribution in [2.45, 2.75) is 6.92 Å². The fourth-order valence-corrected chi connectivity index (χ4v) is 3.09. The van der Waals surface area contributed by atoms with E-state index in [9.17, 15) is 4.79 Å². The van der Waals surface area contributed by atoms with Gasteiger partial charge < -0.3 is 24.4 Å². The molecule has 4 rings (SSSR count). The molecule has 0 aliphatic heterocycles. The molecular weight excluding hydrogens is 354 g/mol. The van der Waals surface area contributed by atoms with Gasteiger partial charge in [-0.2, -0.15) is 0 Å². The molecule has 0 aliphatic carbocycles. The van der Waals surface area contributed by atoms with Gasteiger partial charge in [-0.05, 0) is 36.4 Å². The van der Waals surface area contributed by atoms with E-state index < -0.39 is 5.97 Å². The Labute approximate surface area is 152 Å². The molecule has 132 valence electrons. The number of carboxylic acid groups (broad SMARTS) is 1. The van der Waals surface area contributed by atoms with E-state index in [1.165, 1.54) is 12.1 Å². The number of hydrogen-bond acceptors (Lipinski definition) is 7. The summed E-state index contributed by atoms with van der Waals surface area (Å²) in [5.74, 6) is 0.450. The second kappa shape index (κ2) is 6.30. The van der Waals surface area contributed by atoms with Crippen LogP contribution in [0.5, 0.6) is 0 Å². The standard InChI is InChI=1S/C18H15N3O4S/c1-2-26-21-10-4-6-13-11(8-10)15(19)16(24-13)17-20-12-5-3-9(18(22)23)7-14(12)25-17/h3-8,21H,2,19H2,1H3,(H,22,23). The van der Waals surface area contributed by atoms with Crippen molar-refractivity contribution < 1.29 is 18.7 Å². The third-order valence-electron chi connectivity index (χ3n) is 3.89. The number of rotatable bonds is 5. The maximum atomic E-state index is 11.1. The summed E-state index contributed by atoms with van der Waals surface area (Å²) in [7, 11) is 0. The van der Waals surface area contributed by atoms with Gasteiger partial charge in [-0.25, -0.2) is 9.78 Å². The summed E-state index contributed by atoms with van der Waals surface area (Å²) < 4.78 is 14.7. The minimum absolute atomic E-state index is 0.127. The Kier molecular flexibility index (Phi) is 3.96. The van der Waals surface area contributed by atoms with Crippen LogP contribution in [-0.4, -0.2) is 21.8 Å². The van der Waals surface area contributed by atoms with Crippen LogP contribution in [-0.2, 0) is 0 Å². The molecule has 0 amide bonds. The van der Waals surface area contributed by atoms with Gasteiger partial charge in [0.15, 0.2) is 5.58 Å². The number of hydrogen-bond donors (Lipinski definition) is 3. The zero-order valence-electron chi connectivity index (χ0n) is 13.8. The van der Waals surface area contributed by atoms with Crippen molar-refractivity contribution in [3.8, 4) is 11.7 Å². The van der Waals surface area contributed by atoms with Crippen LogP contribution < -0.4 is 10.5 Å². The smallest absolute Gasteiger partial charge is 0.335 e. The van der Waals surface area contributed by atoms with E-state index in [0.717, 1.165) is 16.8 Å². The van der Waals surface area contributed by atoms with Gasteiger partial charge in [0.1, 0.15) is 11.1 Å². The Morgan fingerprint density at radius 2 is 2.08 bits per heavy atom. The number of oxazole rings is 1. The van der Waals surface area contributed by atoms with Gasteiger partial charge >= 0.3 is 5.97 Å². The number of nitrogens with two attached hydrogens (primary N) is 1. The Morgan fingerprint density at radius 3 is 2.85 bits per heavy atom. The first-order valence-electron chi connectivity index (χ1n) is 7.91. The number of benzene rings is 2. The number of anilines is 2. The fourth-order valence-electron chi connectivity index (χ4n) is 2.65. The van der Waals surface area contributed by atoms with E-state index in [-0.39, 0.29) is 11.5 Å². The molecule has 0 fully saturated rings. The lowest BCUT2D eigenvalue weighted by Gasteiger charge is -2.02. The molecule has 7 nitrogen and oxygen atoms in total. The summed E-state index contributed by atoms with van der Waals surface area (Å²) in [6, 6.07) is 10.1. The number of nitrogen functional groups attached to an aromatic ring is 1. The monoisotopic (exact) mass is 369 g/mol. The highest BCUT2D eigenvalue weighted by Gasteiger charge is 2.19. The first kappa shape index (κ1) is 16.3. The van der Waals surface area contributed by atoms with Gasteiger partial charge in [-0.1, -0.05) is 18.9 Å². The van der Waals surface area contributed by atoms with Crippen molar-refractivity contribution in [2.24, 2.45) is 0 Å². The van der Waals surface area contributed by atoms with Gasteiger partial charge in [-0.15, -0.1) is 0 Å². The van der Waals surface area contributed by atoms with E-state index in [0.29, 0.717) is 28.1 Å². The lowest BCUT2D eigenvalue weighted by molar-refractivity contribution is 0.0697. The molecule has 2 aromatic carbocycles. The zero-order chi connectivity index (χ0) is 18.3. The number of nitrogens with zero attached hydrogens (tertiary/aromatic N) is 1. The maximum absolute atomic E-state index is 11.1. The van der Waals surface area contributed by atoms with Crippen LogP contribution in [0.2, 0.25) is 0 Å². The third kappa shape index (κ3) is 2.74. The van der Waals surface area contributed by atoms with Crippen molar-refractivity contribution in [1.29, 1.82) is 0 Å². The van der Waals surface area contributed by atoms with E-state index >= 15 is 0 Å². The van der Waals surface area contributed by atoms with Crippen LogP contribution in [0.3, 0.4) is 0 Å². The Morgan fingerprint density at radius 1 is 1.23 bits per heavy atom. The highest BCUT2D eigenvalue weighted by molar-refractivity contribution is 8.00. The van der Waals surface area contributed by atoms with Crippen LogP contribution in [0.25, 0.3) is 33.7 Å². The number of carbonyl (C=O) groups is 1. The molecule has 0 atom stereocenters. The van der Waals surface area contributed by atoms with E-state index in [4.69, 9.17) is 19.7 Å². The molecule has 0 saturated heterocycles. The number of aromatic nitrogens is 1. The van der Waals surface area contributed by atoms with E-state index in [1.54, 1.807) is 18.0 Å². The van der Waals surface area contributed by atoms with Crippen LogP contribution in [0.1, 0.15) is 17.3 Å². The Balaban J connectivity index is 1.79. The Hall–Kier alpha value is -3.13. The normalized spacial score (nSPS) is 11.3. The van der Waals surface area contributed by atoms with Gasteiger partial charge in [0.25, 0.3) is 5.89 Å². The van der Waals surface area contributed by atoms with Crippen LogP contribution >= 0.6 is 11.9 Å². The van der Waals surface area contributed by atoms with Gasteiger partial charge in [0.05, 0.1) is 11.3 Å². The number of aromatic carboxylic acids is 1. The highest BCUT2D eigenvalue weighted by Crippen LogP contribution is 2.38. The Bertz CT molecular complexity index is 1130. The summed E-state index contributed by atoms with van der Waals surface area (Å²) in [6.07, 6.45) is 0. The molecule has 0 radical (unpaired) electrons. The topological polar surface area (TPSA) is 115 Å². The maximum Gasteiger partial charge on any atom is 0.335 e. The summed E-state index contributed by atoms with van der Waals surface area (Å²) in [5, 5.41) is 9.85. The van der Waals surface area contributed by atoms with Crippen LogP contribution in [0, 0.1) is 0 Å². The predicted molar refractivity (Wildman–Crippen MR) is 102 cm³/mol. The molecule has 26 heavy (non-hydrogen) atoms. The number of fused-ring (bicyclic) bond motifs is 2. The molecule has 4 aromatic rings. The lowest BCUT2D eigenvalue weighted by atomic mass is 10.2. The molecule has 0 saturated carbocycles. The number of furan rings is 1. The summed E-state index contributed by atoms with van der Waals surface area (Å²) in [6.45, 7) is 2.06. The summed E-state index contributed by atoms with van der Waals surface area (Å²) in [5.41, 5.74) is 9.24. The molecule has 0 spiro atoms. The van der Waals surface area contributed by atoms with Gasteiger partial charge in [0, 0.05) is 16.8 Å². The lowest BCUT2D eigenvalue weighted by Crippen LogP contribution is -1.94. The fraction of sp³-hybridized carbons (Fsp3) is 0.111. The molecule has 4 N–H and O–H groups in total. The van der Waals surface area contributed by atoms with Crippen molar-refractivity contribution in [3.63, 3.8) is 0 Å². The first-order valence-corrected chi connectivity index (χ1v) is 8.89. The van der Waals surface area contributed by atoms with Gasteiger partial charge in [0.2, 0.25) is 5.76 Å². The minimum atomic E-state index is -1.03.